The molecule has 0 bridgehead atoms. The molecule has 0 atom stereocenters. The Labute approximate surface area is 388 Å². The number of nitrogens with zero attached hydrogens (tertiary/aromatic N) is 2. The monoisotopic (exact) mass is 850 g/mol. The maximum atomic E-state index is 2.53. The molecule has 13 aromatic rings. The van der Waals surface area contributed by atoms with Crippen molar-refractivity contribution in [2.24, 2.45) is 0 Å². The van der Waals surface area contributed by atoms with Crippen LogP contribution in [0.1, 0.15) is 22.3 Å². The second-order valence-corrected chi connectivity index (χ2v) is 18.0. The van der Waals surface area contributed by atoms with E-state index < -0.39 is 5.41 Å². The Morgan fingerprint density at radius 3 is 1.58 bits per heavy atom. The zero-order valence-corrected chi connectivity index (χ0v) is 36.6. The fourth-order valence-corrected chi connectivity index (χ4v) is 11.8. The average Bonchev–Trinajstić information content (AvgIpc) is 4.03. The Balaban J connectivity index is 1.05. The van der Waals surface area contributed by atoms with Gasteiger partial charge in [-0.2, -0.15) is 0 Å². The second-order valence-electron chi connectivity index (χ2n) is 18.0. The minimum atomic E-state index is -0.568. The molecule has 67 heavy (non-hydrogen) atoms. The van der Waals surface area contributed by atoms with Crippen LogP contribution in [0.2, 0.25) is 0 Å². The van der Waals surface area contributed by atoms with Crippen molar-refractivity contribution in [2.45, 2.75) is 5.41 Å². The third-order valence-corrected chi connectivity index (χ3v) is 14.6. The van der Waals surface area contributed by atoms with E-state index in [9.17, 15) is 0 Å². The van der Waals surface area contributed by atoms with Crippen LogP contribution in [-0.2, 0) is 5.41 Å². The highest BCUT2D eigenvalue weighted by molar-refractivity contribution is 6.17. The molecular formula is C65H42N2. The second kappa shape index (κ2) is 14.7. The molecule has 312 valence electrons. The molecule has 0 saturated heterocycles. The minimum Gasteiger partial charge on any atom is -0.309 e. The molecule has 2 nitrogen and oxygen atoms in total. The summed E-state index contributed by atoms with van der Waals surface area (Å²) >= 11 is 0. The van der Waals surface area contributed by atoms with Gasteiger partial charge in [0.05, 0.1) is 33.2 Å². The van der Waals surface area contributed by atoms with E-state index in [1.54, 1.807) is 0 Å². The summed E-state index contributed by atoms with van der Waals surface area (Å²) in [5.74, 6) is 0. The van der Waals surface area contributed by atoms with Gasteiger partial charge in [-0.1, -0.05) is 200 Å². The van der Waals surface area contributed by atoms with E-state index in [1.807, 2.05) is 0 Å². The fraction of sp³-hybridized carbons (Fsp3) is 0.0154. The summed E-state index contributed by atoms with van der Waals surface area (Å²) in [6.07, 6.45) is 0. The highest BCUT2D eigenvalue weighted by Crippen LogP contribution is 2.59. The van der Waals surface area contributed by atoms with Gasteiger partial charge in [0.1, 0.15) is 0 Å². The Hall–Kier alpha value is -8.72. The maximum Gasteiger partial charge on any atom is 0.0720 e. The third-order valence-electron chi connectivity index (χ3n) is 14.6. The lowest BCUT2D eigenvalue weighted by Crippen LogP contribution is -2.28. The molecule has 0 spiro atoms. The van der Waals surface area contributed by atoms with E-state index in [0.717, 1.165) is 5.69 Å². The maximum absolute atomic E-state index is 2.53. The van der Waals surface area contributed by atoms with Gasteiger partial charge in [0.15, 0.2) is 0 Å². The van der Waals surface area contributed by atoms with Gasteiger partial charge >= 0.3 is 0 Å². The first-order valence-electron chi connectivity index (χ1n) is 23.3. The number of hydrogen-bond acceptors (Lipinski definition) is 0. The SMILES string of the molecule is c1ccc(-c2ccc(-n3c4ccccc4c4cc(-c5ccc6c(c5)c5c7c(ccc5n6-c5cccc6ccccc56)-c5ccccc5C7(c5ccccc5)c5ccccc5)ccc43)cc2)cc1. The van der Waals surface area contributed by atoms with E-state index in [-0.39, 0.29) is 0 Å². The molecule has 0 aliphatic heterocycles. The zero-order valence-electron chi connectivity index (χ0n) is 36.6. The fourth-order valence-electron chi connectivity index (χ4n) is 11.8. The van der Waals surface area contributed by atoms with E-state index in [4.69, 9.17) is 0 Å². The summed E-state index contributed by atoms with van der Waals surface area (Å²) in [5, 5.41) is 7.45. The minimum absolute atomic E-state index is 0.568. The molecule has 0 saturated carbocycles. The lowest BCUT2D eigenvalue weighted by Gasteiger charge is -2.34. The van der Waals surface area contributed by atoms with Crippen LogP contribution in [0.3, 0.4) is 0 Å². The topological polar surface area (TPSA) is 9.86 Å². The van der Waals surface area contributed by atoms with Crippen LogP contribution >= 0.6 is 0 Å². The number of hydrogen-bond donors (Lipinski definition) is 0. The van der Waals surface area contributed by atoms with Gasteiger partial charge in [-0.25, -0.2) is 0 Å². The lowest BCUT2D eigenvalue weighted by molar-refractivity contribution is 0.776. The van der Waals surface area contributed by atoms with Crippen molar-refractivity contribution in [3.63, 3.8) is 0 Å². The molecule has 2 aromatic heterocycles. The number of para-hydroxylation sites is 1. The van der Waals surface area contributed by atoms with E-state index in [0.29, 0.717) is 0 Å². The number of benzene rings is 11. The van der Waals surface area contributed by atoms with Gasteiger partial charge in [0.2, 0.25) is 0 Å². The quantitative estimate of drug-likeness (QED) is 0.158. The summed E-state index contributed by atoms with van der Waals surface area (Å²) in [4.78, 5) is 0. The van der Waals surface area contributed by atoms with Gasteiger partial charge in [-0.05, 0) is 116 Å². The van der Waals surface area contributed by atoms with E-state index >= 15 is 0 Å². The molecule has 0 amide bonds. The Morgan fingerprint density at radius 2 is 0.836 bits per heavy atom. The molecule has 0 fully saturated rings. The van der Waals surface area contributed by atoms with Crippen molar-refractivity contribution in [2.75, 3.05) is 0 Å². The van der Waals surface area contributed by atoms with E-state index in [2.05, 4.69) is 264 Å². The molecule has 14 rings (SSSR count). The van der Waals surface area contributed by atoms with E-state index in [1.165, 1.54) is 116 Å². The number of aromatic nitrogens is 2. The summed E-state index contributed by atoms with van der Waals surface area (Å²) in [6.45, 7) is 0. The van der Waals surface area contributed by atoms with Crippen LogP contribution in [0.15, 0.2) is 255 Å². The van der Waals surface area contributed by atoms with Crippen LogP contribution in [0.4, 0.5) is 0 Å². The summed E-state index contributed by atoms with van der Waals surface area (Å²) in [7, 11) is 0. The van der Waals surface area contributed by atoms with Gasteiger partial charge in [-0.15, -0.1) is 0 Å². The largest absolute Gasteiger partial charge is 0.309 e. The van der Waals surface area contributed by atoms with Gasteiger partial charge in [0, 0.05) is 32.6 Å². The Bertz CT molecular complexity index is 4020. The molecule has 2 heteroatoms. The smallest absolute Gasteiger partial charge is 0.0720 e. The first-order chi connectivity index (χ1) is 33.3. The van der Waals surface area contributed by atoms with Crippen LogP contribution in [0, 0.1) is 0 Å². The Kier molecular flexibility index (Phi) is 8.23. The van der Waals surface area contributed by atoms with Crippen molar-refractivity contribution >= 4 is 54.4 Å². The average molecular weight is 851 g/mol. The zero-order chi connectivity index (χ0) is 44.1. The summed E-state index contributed by atoms with van der Waals surface area (Å²) in [5.41, 5.74) is 19.1. The highest BCUT2D eigenvalue weighted by atomic mass is 15.0. The van der Waals surface area contributed by atoms with Crippen LogP contribution in [0.25, 0.3) is 99.1 Å². The number of fused-ring (bicyclic) bond motifs is 11. The van der Waals surface area contributed by atoms with Gasteiger partial charge < -0.3 is 9.13 Å². The molecule has 1 aliphatic rings. The molecule has 0 N–H and O–H groups in total. The van der Waals surface area contributed by atoms with Crippen LogP contribution < -0.4 is 0 Å². The van der Waals surface area contributed by atoms with Gasteiger partial charge in [-0.3, -0.25) is 0 Å². The standard InChI is InChI=1S/C65H42N2/c1-4-17-43(18-5-1)44-31-35-50(36-32-44)66-59-29-15-13-27-53(59)55-41-46(33-38-60(55)66)47-34-39-61-56(42-47)63-62(67(61)58-30-16-20-45-19-10-11-25-51(45)58)40-37-54-52-26-12-14-28-57(52)65(64(54)63,48-21-6-2-7-22-48)49-23-8-3-9-24-49/h1-42H. The predicted molar refractivity (Wildman–Crippen MR) is 281 cm³/mol. The molecule has 1 aliphatic carbocycles. The molecular weight excluding hydrogens is 809 g/mol. The van der Waals surface area contributed by atoms with Crippen LogP contribution in [-0.4, -0.2) is 9.13 Å². The lowest BCUT2D eigenvalue weighted by atomic mass is 9.67. The van der Waals surface area contributed by atoms with Crippen molar-refractivity contribution in [1.82, 2.24) is 9.13 Å². The van der Waals surface area contributed by atoms with Crippen LogP contribution in [0.5, 0.6) is 0 Å². The Morgan fingerprint density at radius 1 is 0.299 bits per heavy atom. The van der Waals surface area contributed by atoms with Crippen molar-refractivity contribution in [1.29, 1.82) is 0 Å². The number of rotatable bonds is 6. The van der Waals surface area contributed by atoms with Gasteiger partial charge in [0.25, 0.3) is 0 Å². The molecule has 11 aromatic carbocycles. The first-order valence-corrected chi connectivity index (χ1v) is 23.3. The third kappa shape index (κ3) is 5.45. The molecule has 0 radical (unpaired) electrons. The normalized spacial score (nSPS) is 12.9. The van der Waals surface area contributed by atoms with Crippen molar-refractivity contribution < 1.29 is 0 Å². The molecule has 2 heterocycles. The van der Waals surface area contributed by atoms with Crippen molar-refractivity contribution in [3.05, 3.63) is 277 Å². The predicted octanol–water partition coefficient (Wildman–Crippen LogP) is 16.7. The highest BCUT2D eigenvalue weighted by Gasteiger charge is 2.47. The van der Waals surface area contributed by atoms with Crippen molar-refractivity contribution in [3.8, 4) is 44.8 Å². The molecule has 0 unspecified atom stereocenters. The first kappa shape index (κ1) is 37.6. The summed E-state index contributed by atoms with van der Waals surface area (Å²) in [6, 6.07) is 94.4. The summed E-state index contributed by atoms with van der Waals surface area (Å²) < 4.78 is 4.94.